The molecule has 0 radical (unpaired) electrons. The number of aromatic amines is 1. The predicted octanol–water partition coefficient (Wildman–Crippen LogP) is 2.19. The number of para-hydroxylation sites is 2. The maximum atomic E-state index is 12.9. The number of H-pyrrole nitrogens is 1. The molecule has 132 valence electrons. The van der Waals surface area contributed by atoms with Crippen LogP contribution in [0, 0.1) is 5.41 Å². The van der Waals surface area contributed by atoms with Crippen molar-refractivity contribution >= 4 is 22.8 Å². The molecule has 0 spiro atoms. The summed E-state index contributed by atoms with van der Waals surface area (Å²) >= 11 is 0. The summed E-state index contributed by atoms with van der Waals surface area (Å²) < 4.78 is 0. The van der Waals surface area contributed by atoms with Crippen molar-refractivity contribution in [3.05, 3.63) is 30.1 Å². The molecule has 2 fully saturated rings. The molecule has 3 heterocycles. The van der Waals surface area contributed by atoms with Crippen molar-refractivity contribution in [2.45, 2.75) is 38.5 Å². The summed E-state index contributed by atoms with van der Waals surface area (Å²) in [6.07, 6.45) is 2.85. The number of amides is 2. The molecule has 1 atom stereocenters. The van der Waals surface area contributed by atoms with E-state index in [0.29, 0.717) is 18.9 Å². The molecule has 1 aromatic heterocycles. The van der Waals surface area contributed by atoms with E-state index in [1.165, 1.54) is 0 Å². The molecular formula is C19H24N4O2. The zero-order chi connectivity index (χ0) is 17.4. The summed E-state index contributed by atoms with van der Waals surface area (Å²) in [7, 11) is 0. The zero-order valence-electron chi connectivity index (χ0n) is 14.5. The van der Waals surface area contributed by atoms with Crippen LogP contribution in [0.5, 0.6) is 0 Å². The van der Waals surface area contributed by atoms with E-state index in [9.17, 15) is 9.59 Å². The normalized spacial score (nSPS) is 25.2. The molecule has 2 amide bonds. The van der Waals surface area contributed by atoms with Gasteiger partial charge in [-0.15, -0.1) is 0 Å². The number of nitrogens with one attached hydrogen (secondary N) is 2. The number of likely N-dealkylation sites (tertiary alicyclic amines) is 1. The largest absolute Gasteiger partial charge is 0.356 e. The molecule has 0 aliphatic carbocycles. The average molecular weight is 340 g/mol. The first kappa shape index (κ1) is 16.1. The van der Waals surface area contributed by atoms with Crippen LogP contribution in [-0.4, -0.2) is 46.3 Å². The third-order valence-corrected chi connectivity index (χ3v) is 5.64. The third kappa shape index (κ3) is 3.01. The van der Waals surface area contributed by atoms with Crippen LogP contribution in [0.15, 0.2) is 24.3 Å². The first-order valence-corrected chi connectivity index (χ1v) is 9.06. The van der Waals surface area contributed by atoms with Gasteiger partial charge in [0.15, 0.2) is 0 Å². The van der Waals surface area contributed by atoms with Crippen molar-refractivity contribution in [1.82, 2.24) is 20.2 Å². The van der Waals surface area contributed by atoms with E-state index in [2.05, 4.69) is 10.3 Å². The molecule has 1 unspecified atom stereocenters. The minimum Gasteiger partial charge on any atom is -0.356 e. The Morgan fingerprint density at radius 2 is 2.04 bits per heavy atom. The summed E-state index contributed by atoms with van der Waals surface area (Å²) in [5, 5.41) is 2.81. The Kier molecular flexibility index (Phi) is 3.98. The van der Waals surface area contributed by atoms with Gasteiger partial charge in [0.1, 0.15) is 5.82 Å². The van der Waals surface area contributed by atoms with Crippen LogP contribution < -0.4 is 5.32 Å². The highest BCUT2D eigenvalue weighted by Crippen LogP contribution is 2.34. The molecule has 6 nitrogen and oxygen atoms in total. The topological polar surface area (TPSA) is 78.1 Å². The number of carbonyl (C=O) groups is 2. The minimum absolute atomic E-state index is 0.0146. The number of fused-ring (bicyclic) bond motifs is 1. The van der Waals surface area contributed by atoms with Crippen LogP contribution >= 0.6 is 0 Å². The maximum absolute atomic E-state index is 12.9. The lowest BCUT2D eigenvalue weighted by Gasteiger charge is -2.39. The molecule has 0 saturated carbocycles. The number of carbonyl (C=O) groups excluding carboxylic acids is 2. The van der Waals surface area contributed by atoms with E-state index in [0.717, 1.165) is 49.2 Å². The SMILES string of the molecule is CC1(C(=O)N2CCC(c3nc4ccccc4[nH]3)CC2)CCNC(=O)C1. The third-order valence-electron chi connectivity index (χ3n) is 5.64. The number of aromatic nitrogens is 2. The first-order valence-electron chi connectivity index (χ1n) is 9.06. The van der Waals surface area contributed by atoms with Crippen molar-refractivity contribution in [1.29, 1.82) is 0 Å². The van der Waals surface area contributed by atoms with Crippen LogP contribution in [-0.2, 0) is 9.59 Å². The molecule has 25 heavy (non-hydrogen) atoms. The second kappa shape index (κ2) is 6.17. The van der Waals surface area contributed by atoms with Gasteiger partial charge in [-0.25, -0.2) is 4.98 Å². The van der Waals surface area contributed by atoms with Crippen LogP contribution in [0.25, 0.3) is 11.0 Å². The average Bonchev–Trinajstić information content (AvgIpc) is 3.05. The standard InChI is InChI=1S/C19H24N4O2/c1-19(8-9-20-16(24)12-19)18(25)23-10-6-13(7-11-23)17-21-14-4-2-3-5-15(14)22-17/h2-5,13H,6-12H2,1H3,(H,20,24)(H,21,22). The molecule has 6 heteroatoms. The molecule has 0 bridgehead atoms. The zero-order valence-corrected chi connectivity index (χ0v) is 14.5. The summed E-state index contributed by atoms with van der Waals surface area (Å²) in [6.45, 7) is 3.99. The summed E-state index contributed by atoms with van der Waals surface area (Å²) in [5.74, 6) is 1.50. The fourth-order valence-corrected chi connectivity index (χ4v) is 4.07. The highest BCUT2D eigenvalue weighted by atomic mass is 16.2. The maximum Gasteiger partial charge on any atom is 0.229 e. The lowest BCUT2D eigenvalue weighted by Crippen LogP contribution is -2.51. The van der Waals surface area contributed by atoms with Gasteiger partial charge in [0, 0.05) is 32.0 Å². The predicted molar refractivity (Wildman–Crippen MR) is 95.0 cm³/mol. The van der Waals surface area contributed by atoms with Crippen molar-refractivity contribution in [2.75, 3.05) is 19.6 Å². The molecule has 2 N–H and O–H groups in total. The second-order valence-corrected chi connectivity index (χ2v) is 7.54. The quantitative estimate of drug-likeness (QED) is 0.879. The second-order valence-electron chi connectivity index (χ2n) is 7.54. The Morgan fingerprint density at radius 3 is 2.76 bits per heavy atom. The molecule has 1 aromatic carbocycles. The van der Waals surface area contributed by atoms with Crippen LogP contribution in [0.3, 0.4) is 0 Å². The van der Waals surface area contributed by atoms with E-state index >= 15 is 0 Å². The number of imidazole rings is 1. The summed E-state index contributed by atoms with van der Waals surface area (Å²) in [4.78, 5) is 34.7. The highest BCUT2D eigenvalue weighted by Gasteiger charge is 2.41. The Balaban J connectivity index is 1.42. The number of nitrogens with zero attached hydrogens (tertiary/aromatic N) is 2. The lowest BCUT2D eigenvalue weighted by atomic mass is 9.78. The Morgan fingerprint density at radius 1 is 1.28 bits per heavy atom. The molecule has 4 rings (SSSR count). The van der Waals surface area contributed by atoms with Gasteiger partial charge < -0.3 is 15.2 Å². The van der Waals surface area contributed by atoms with Crippen molar-refractivity contribution in [3.8, 4) is 0 Å². The fourth-order valence-electron chi connectivity index (χ4n) is 4.07. The molecule has 2 aliphatic heterocycles. The number of benzene rings is 1. The Hall–Kier alpha value is -2.37. The minimum atomic E-state index is -0.547. The Labute approximate surface area is 147 Å². The fraction of sp³-hybridized carbons (Fsp3) is 0.526. The van der Waals surface area contributed by atoms with Gasteiger partial charge in [-0.05, 0) is 31.4 Å². The van der Waals surface area contributed by atoms with E-state index in [4.69, 9.17) is 4.98 Å². The number of piperidine rings is 2. The van der Waals surface area contributed by atoms with E-state index in [-0.39, 0.29) is 11.8 Å². The Bertz CT molecular complexity index is 774. The van der Waals surface area contributed by atoms with Crippen LogP contribution in [0.1, 0.15) is 44.3 Å². The van der Waals surface area contributed by atoms with Crippen LogP contribution in [0.2, 0.25) is 0 Å². The van der Waals surface area contributed by atoms with Crippen molar-refractivity contribution in [2.24, 2.45) is 5.41 Å². The van der Waals surface area contributed by atoms with Gasteiger partial charge >= 0.3 is 0 Å². The lowest BCUT2D eigenvalue weighted by molar-refractivity contribution is -0.147. The van der Waals surface area contributed by atoms with Gasteiger partial charge in [-0.2, -0.15) is 0 Å². The van der Waals surface area contributed by atoms with Crippen molar-refractivity contribution < 1.29 is 9.59 Å². The molecule has 2 saturated heterocycles. The van der Waals surface area contributed by atoms with Gasteiger partial charge in [-0.1, -0.05) is 19.1 Å². The van der Waals surface area contributed by atoms with Gasteiger partial charge in [-0.3, -0.25) is 9.59 Å². The number of hydrogen-bond donors (Lipinski definition) is 2. The van der Waals surface area contributed by atoms with E-state index in [1.54, 1.807) is 0 Å². The summed E-state index contributed by atoms with van der Waals surface area (Å²) in [5.41, 5.74) is 1.52. The molecular weight excluding hydrogens is 316 g/mol. The molecule has 2 aliphatic rings. The van der Waals surface area contributed by atoms with Crippen LogP contribution in [0.4, 0.5) is 0 Å². The highest BCUT2D eigenvalue weighted by molar-refractivity contribution is 5.89. The van der Waals surface area contributed by atoms with E-state index in [1.807, 2.05) is 36.1 Å². The molecule has 2 aromatic rings. The first-order chi connectivity index (χ1) is 12.0. The number of rotatable bonds is 2. The van der Waals surface area contributed by atoms with Gasteiger partial charge in [0.25, 0.3) is 0 Å². The van der Waals surface area contributed by atoms with Gasteiger partial charge in [0.2, 0.25) is 11.8 Å². The smallest absolute Gasteiger partial charge is 0.229 e. The van der Waals surface area contributed by atoms with E-state index < -0.39 is 5.41 Å². The number of hydrogen-bond acceptors (Lipinski definition) is 3. The monoisotopic (exact) mass is 340 g/mol. The van der Waals surface area contributed by atoms with Crippen molar-refractivity contribution in [3.63, 3.8) is 0 Å². The van der Waals surface area contributed by atoms with Gasteiger partial charge in [0.05, 0.1) is 16.4 Å². The summed E-state index contributed by atoms with van der Waals surface area (Å²) in [6, 6.07) is 8.06.